The van der Waals surface area contributed by atoms with Crippen LogP contribution in [0.25, 0.3) is 0 Å². The van der Waals surface area contributed by atoms with Gasteiger partial charge in [0.1, 0.15) is 5.75 Å². The minimum absolute atomic E-state index is 0.212. The molecule has 1 aliphatic rings. The molecule has 0 amide bonds. The van der Waals surface area contributed by atoms with Crippen molar-refractivity contribution in [2.75, 3.05) is 19.9 Å². The summed E-state index contributed by atoms with van der Waals surface area (Å²) in [7, 11) is 0. The maximum atomic E-state index is 5.88. The summed E-state index contributed by atoms with van der Waals surface area (Å²) in [4.78, 5) is 0. The standard InChI is InChI=1S/C15H23NO3/c1-3-8-16-9-4-5-12(2)19-13-6-7-14-15(10-13)18-11-17-14/h6-7,10,12,16H,3-5,8-9,11H2,1-2H3. The van der Waals surface area contributed by atoms with Crippen molar-refractivity contribution in [2.24, 2.45) is 0 Å². The van der Waals surface area contributed by atoms with Crippen LogP contribution in [0.15, 0.2) is 18.2 Å². The van der Waals surface area contributed by atoms with E-state index in [4.69, 9.17) is 14.2 Å². The van der Waals surface area contributed by atoms with Gasteiger partial charge in [0, 0.05) is 6.07 Å². The molecule has 1 unspecified atom stereocenters. The van der Waals surface area contributed by atoms with E-state index >= 15 is 0 Å². The van der Waals surface area contributed by atoms with Gasteiger partial charge in [0.25, 0.3) is 0 Å². The van der Waals surface area contributed by atoms with E-state index < -0.39 is 0 Å². The molecule has 1 aliphatic heterocycles. The Balaban J connectivity index is 1.71. The number of benzene rings is 1. The summed E-state index contributed by atoms with van der Waals surface area (Å²) >= 11 is 0. The van der Waals surface area contributed by atoms with E-state index in [0.29, 0.717) is 6.79 Å². The Morgan fingerprint density at radius 2 is 2.11 bits per heavy atom. The maximum absolute atomic E-state index is 5.88. The zero-order valence-corrected chi connectivity index (χ0v) is 11.8. The van der Waals surface area contributed by atoms with Crippen LogP contribution in [0.3, 0.4) is 0 Å². The Kier molecular flexibility index (Phi) is 5.33. The molecule has 19 heavy (non-hydrogen) atoms. The lowest BCUT2D eigenvalue weighted by molar-refractivity contribution is 0.173. The summed E-state index contributed by atoms with van der Waals surface area (Å²) in [5, 5.41) is 3.40. The first-order chi connectivity index (χ1) is 9.29. The van der Waals surface area contributed by atoms with Gasteiger partial charge in [-0.15, -0.1) is 0 Å². The molecule has 0 aliphatic carbocycles. The quantitative estimate of drug-likeness (QED) is 0.734. The SMILES string of the molecule is CCCNCCCC(C)Oc1ccc2c(c1)OCO2. The Labute approximate surface area is 115 Å². The van der Waals surface area contributed by atoms with E-state index in [1.807, 2.05) is 18.2 Å². The fourth-order valence-corrected chi connectivity index (χ4v) is 2.06. The van der Waals surface area contributed by atoms with Crippen molar-refractivity contribution in [1.29, 1.82) is 0 Å². The Morgan fingerprint density at radius 3 is 2.95 bits per heavy atom. The van der Waals surface area contributed by atoms with E-state index in [1.165, 1.54) is 6.42 Å². The predicted molar refractivity (Wildman–Crippen MR) is 75.0 cm³/mol. The molecule has 1 N–H and O–H groups in total. The molecular weight excluding hydrogens is 242 g/mol. The molecule has 0 aromatic heterocycles. The van der Waals surface area contributed by atoms with Crippen molar-refractivity contribution in [1.82, 2.24) is 5.32 Å². The number of ether oxygens (including phenoxy) is 3. The summed E-state index contributed by atoms with van der Waals surface area (Å²) < 4.78 is 16.5. The van der Waals surface area contributed by atoms with Crippen LogP contribution >= 0.6 is 0 Å². The molecule has 0 radical (unpaired) electrons. The van der Waals surface area contributed by atoms with E-state index in [0.717, 1.165) is 43.2 Å². The van der Waals surface area contributed by atoms with E-state index in [-0.39, 0.29) is 6.10 Å². The Morgan fingerprint density at radius 1 is 1.26 bits per heavy atom. The molecule has 1 atom stereocenters. The smallest absolute Gasteiger partial charge is 0.231 e. The summed E-state index contributed by atoms with van der Waals surface area (Å²) in [5.74, 6) is 2.41. The third kappa shape index (κ3) is 4.31. The second-order valence-corrected chi connectivity index (χ2v) is 4.84. The van der Waals surface area contributed by atoms with Crippen LogP contribution in [0.2, 0.25) is 0 Å². The second-order valence-electron chi connectivity index (χ2n) is 4.84. The number of hydrogen-bond donors (Lipinski definition) is 1. The normalized spacial score (nSPS) is 14.4. The van der Waals surface area contributed by atoms with Crippen molar-refractivity contribution >= 4 is 0 Å². The average molecular weight is 265 g/mol. The average Bonchev–Trinajstić information content (AvgIpc) is 2.86. The van der Waals surface area contributed by atoms with Crippen molar-refractivity contribution in [2.45, 2.75) is 39.2 Å². The molecule has 106 valence electrons. The highest BCUT2D eigenvalue weighted by Crippen LogP contribution is 2.35. The van der Waals surface area contributed by atoms with Crippen LogP contribution < -0.4 is 19.5 Å². The first kappa shape index (κ1) is 14.0. The molecule has 0 saturated carbocycles. The summed E-state index contributed by atoms with van der Waals surface area (Å²) in [6.45, 7) is 6.74. The van der Waals surface area contributed by atoms with Gasteiger partial charge in [0.15, 0.2) is 11.5 Å². The first-order valence-electron chi connectivity index (χ1n) is 7.06. The van der Waals surface area contributed by atoms with Crippen LogP contribution in [-0.2, 0) is 0 Å². The molecule has 0 spiro atoms. The van der Waals surface area contributed by atoms with E-state index in [9.17, 15) is 0 Å². The van der Waals surface area contributed by atoms with Gasteiger partial charge >= 0.3 is 0 Å². The van der Waals surface area contributed by atoms with Crippen molar-refractivity contribution in [3.63, 3.8) is 0 Å². The molecule has 0 bridgehead atoms. The molecule has 4 nitrogen and oxygen atoms in total. The molecule has 1 heterocycles. The summed E-state index contributed by atoms with van der Waals surface area (Å²) in [5.41, 5.74) is 0. The summed E-state index contributed by atoms with van der Waals surface area (Å²) in [6.07, 6.45) is 3.57. The number of rotatable bonds is 8. The lowest BCUT2D eigenvalue weighted by Gasteiger charge is -2.15. The zero-order chi connectivity index (χ0) is 13.5. The van der Waals surface area contributed by atoms with Gasteiger partial charge in [-0.25, -0.2) is 0 Å². The molecule has 1 aromatic rings. The second kappa shape index (κ2) is 7.24. The highest BCUT2D eigenvalue weighted by atomic mass is 16.7. The van der Waals surface area contributed by atoms with Crippen LogP contribution in [0.1, 0.15) is 33.1 Å². The maximum Gasteiger partial charge on any atom is 0.231 e. The lowest BCUT2D eigenvalue weighted by Crippen LogP contribution is -2.19. The van der Waals surface area contributed by atoms with Gasteiger partial charge in [0.05, 0.1) is 6.10 Å². The molecule has 2 rings (SSSR count). The van der Waals surface area contributed by atoms with Crippen LogP contribution in [0, 0.1) is 0 Å². The lowest BCUT2D eigenvalue weighted by atomic mass is 10.2. The van der Waals surface area contributed by atoms with Gasteiger partial charge in [-0.05, 0) is 51.4 Å². The third-order valence-electron chi connectivity index (χ3n) is 3.07. The van der Waals surface area contributed by atoms with Crippen LogP contribution in [0.5, 0.6) is 17.2 Å². The zero-order valence-electron chi connectivity index (χ0n) is 11.8. The molecule has 0 saturated heterocycles. The third-order valence-corrected chi connectivity index (χ3v) is 3.07. The number of hydrogen-bond acceptors (Lipinski definition) is 4. The van der Waals surface area contributed by atoms with Crippen molar-refractivity contribution in [3.05, 3.63) is 18.2 Å². The highest BCUT2D eigenvalue weighted by molar-refractivity contribution is 5.46. The van der Waals surface area contributed by atoms with Crippen LogP contribution in [-0.4, -0.2) is 26.0 Å². The number of nitrogens with one attached hydrogen (secondary N) is 1. The molecular formula is C15H23NO3. The van der Waals surface area contributed by atoms with E-state index in [1.54, 1.807) is 0 Å². The van der Waals surface area contributed by atoms with Gasteiger partial charge in [-0.2, -0.15) is 0 Å². The molecule has 4 heteroatoms. The van der Waals surface area contributed by atoms with Gasteiger partial charge in [0.2, 0.25) is 6.79 Å². The van der Waals surface area contributed by atoms with Crippen molar-refractivity contribution < 1.29 is 14.2 Å². The topological polar surface area (TPSA) is 39.7 Å². The van der Waals surface area contributed by atoms with Gasteiger partial charge < -0.3 is 19.5 Å². The van der Waals surface area contributed by atoms with Crippen molar-refractivity contribution in [3.8, 4) is 17.2 Å². The molecule has 0 fully saturated rings. The van der Waals surface area contributed by atoms with Gasteiger partial charge in [-0.3, -0.25) is 0 Å². The fraction of sp³-hybridized carbons (Fsp3) is 0.600. The predicted octanol–water partition coefficient (Wildman–Crippen LogP) is 2.96. The van der Waals surface area contributed by atoms with Gasteiger partial charge in [-0.1, -0.05) is 6.92 Å². The Hall–Kier alpha value is -1.42. The largest absolute Gasteiger partial charge is 0.491 e. The van der Waals surface area contributed by atoms with E-state index in [2.05, 4.69) is 19.2 Å². The molecule has 1 aromatic carbocycles. The highest BCUT2D eigenvalue weighted by Gasteiger charge is 2.14. The minimum Gasteiger partial charge on any atom is -0.491 e. The minimum atomic E-state index is 0.212. The fourth-order valence-electron chi connectivity index (χ4n) is 2.06. The monoisotopic (exact) mass is 265 g/mol. The Bertz CT molecular complexity index is 395. The van der Waals surface area contributed by atoms with Crippen LogP contribution in [0.4, 0.5) is 0 Å². The summed E-state index contributed by atoms with van der Waals surface area (Å²) in [6, 6.07) is 5.72. The first-order valence-corrected chi connectivity index (χ1v) is 7.06. The number of fused-ring (bicyclic) bond motifs is 1.